The molecule has 0 bridgehead atoms. The molecule has 0 aromatic carbocycles. The van der Waals surface area contributed by atoms with E-state index >= 15 is 0 Å². The van der Waals surface area contributed by atoms with Crippen LogP contribution < -0.4 is 10.6 Å². The fraction of sp³-hybridized carbons (Fsp3) is 0.714. The van der Waals surface area contributed by atoms with Crippen LogP contribution in [0.3, 0.4) is 0 Å². The fourth-order valence-corrected chi connectivity index (χ4v) is 4.14. The summed E-state index contributed by atoms with van der Waals surface area (Å²) >= 11 is 1.92. The molecule has 1 aromatic rings. The average Bonchev–Trinajstić information content (AvgIpc) is 3.09. The second-order valence-electron chi connectivity index (χ2n) is 5.39. The van der Waals surface area contributed by atoms with Gasteiger partial charge in [0.1, 0.15) is 0 Å². The predicted molar refractivity (Wildman–Crippen MR) is 73.4 cm³/mol. The molecule has 1 aromatic heterocycles. The number of thiophene rings is 1. The van der Waals surface area contributed by atoms with Crippen molar-refractivity contribution in [2.75, 3.05) is 13.1 Å². The lowest BCUT2D eigenvalue weighted by Crippen LogP contribution is -2.37. The van der Waals surface area contributed by atoms with Crippen LogP contribution in [0.25, 0.3) is 0 Å². The van der Waals surface area contributed by atoms with Crippen LogP contribution in [-0.2, 0) is 0 Å². The minimum Gasteiger partial charge on any atom is -0.315 e. The second kappa shape index (κ2) is 5.51. The molecule has 17 heavy (non-hydrogen) atoms. The lowest BCUT2D eigenvalue weighted by molar-refractivity contribution is 0.339. The quantitative estimate of drug-likeness (QED) is 0.858. The summed E-state index contributed by atoms with van der Waals surface area (Å²) in [5.41, 5.74) is 0. The van der Waals surface area contributed by atoms with Crippen molar-refractivity contribution >= 4 is 11.3 Å². The van der Waals surface area contributed by atoms with Gasteiger partial charge in [-0.2, -0.15) is 0 Å². The Bertz CT molecular complexity index is 324. The lowest BCUT2D eigenvalue weighted by Gasteiger charge is -2.27. The normalized spacial score (nSPS) is 27.6. The third kappa shape index (κ3) is 2.72. The van der Waals surface area contributed by atoms with E-state index in [-0.39, 0.29) is 0 Å². The van der Waals surface area contributed by atoms with Crippen LogP contribution in [-0.4, -0.2) is 19.1 Å². The molecular weight excluding hydrogens is 228 g/mol. The van der Waals surface area contributed by atoms with Gasteiger partial charge in [0.25, 0.3) is 0 Å². The van der Waals surface area contributed by atoms with E-state index in [0.29, 0.717) is 12.1 Å². The van der Waals surface area contributed by atoms with Gasteiger partial charge in [0.05, 0.1) is 0 Å². The Hall–Kier alpha value is -0.380. The number of hydrogen-bond acceptors (Lipinski definition) is 3. The van der Waals surface area contributed by atoms with Crippen LogP contribution in [0.5, 0.6) is 0 Å². The summed E-state index contributed by atoms with van der Waals surface area (Å²) in [6.07, 6.45) is 6.97. The Kier molecular flexibility index (Phi) is 3.79. The standard InChI is InChI=1S/C14H22N2S/c1-2-5-11(4-1)14(13-6-3-9-17-13)16-12-7-8-15-10-12/h3,6,9,11-12,14-16H,1-2,4-5,7-8,10H2. The summed E-state index contributed by atoms with van der Waals surface area (Å²) in [4.78, 5) is 1.55. The average molecular weight is 250 g/mol. The molecule has 2 heterocycles. The molecule has 3 heteroatoms. The van der Waals surface area contributed by atoms with Gasteiger partial charge in [0, 0.05) is 23.5 Å². The molecule has 0 spiro atoms. The van der Waals surface area contributed by atoms with Crippen molar-refractivity contribution in [1.29, 1.82) is 0 Å². The molecule has 1 aliphatic carbocycles. The molecule has 2 nitrogen and oxygen atoms in total. The molecule has 2 fully saturated rings. The van der Waals surface area contributed by atoms with E-state index in [1.54, 1.807) is 4.88 Å². The van der Waals surface area contributed by atoms with Crippen molar-refractivity contribution in [2.24, 2.45) is 5.92 Å². The van der Waals surface area contributed by atoms with Crippen molar-refractivity contribution in [3.8, 4) is 0 Å². The van der Waals surface area contributed by atoms with E-state index in [9.17, 15) is 0 Å². The number of hydrogen-bond donors (Lipinski definition) is 2. The summed E-state index contributed by atoms with van der Waals surface area (Å²) in [5.74, 6) is 0.870. The Morgan fingerprint density at radius 1 is 1.29 bits per heavy atom. The zero-order valence-corrected chi connectivity index (χ0v) is 11.1. The maximum Gasteiger partial charge on any atom is 0.0445 e. The summed E-state index contributed by atoms with van der Waals surface area (Å²) in [6.45, 7) is 2.33. The largest absolute Gasteiger partial charge is 0.315 e. The first-order chi connectivity index (χ1) is 8.43. The Morgan fingerprint density at radius 3 is 2.82 bits per heavy atom. The minimum absolute atomic E-state index is 0.613. The van der Waals surface area contributed by atoms with Gasteiger partial charge in [0.15, 0.2) is 0 Å². The van der Waals surface area contributed by atoms with Crippen LogP contribution in [0.2, 0.25) is 0 Å². The van der Waals surface area contributed by atoms with Crippen molar-refractivity contribution in [1.82, 2.24) is 10.6 Å². The van der Waals surface area contributed by atoms with E-state index in [0.717, 1.165) is 12.5 Å². The van der Waals surface area contributed by atoms with Gasteiger partial charge in [0.2, 0.25) is 0 Å². The molecule has 2 N–H and O–H groups in total. The van der Waals surface area contributed by atoms with E-state index in [4.69, 9.17) is 0 Å². The Labute approximate surface area is 108 Å². The molecule has 1 saturated carbocycles. The molecule has 0 radical (unpaired) electrons. The molecule has 2 atom stereocenters. The Morgan fingerprint density at radius 2 is 2.18 bits per heavy atom. The van der Waals surface area contributed by atoms with Crippen LogP contribution in [0.15, 0.2) is 17.5 Å². The van der Waals surface area contributed by atoms with E-state index in [1.165, 1.54) is 38.6 Å². The Balaban J connectivity index is 1.70. The van der Waals surface area contributed by atoms with Crippen molar-refractivity contribution in [3.63, 3.8) is 0 Å². The smallest absolute Gasteiger partial charge is 0.0445 e. The van der Waals surface area contributed by atoms with Crippen LogP contribution in [0.4, 0.5) is 0 Å². The summed E-state index contributed by atoms with van der Waals surface area (Å²) in [7, 11) is 0. The fourth-order valence-electron chi connectivity index (χ4n) is 3.26. The highest BCUT2D eigenvalue weighted by Crippen LogP contribution is 2.37. The maximum absolute atomic E-state index is 3.91. The highest BCUT2D eigenvalue weighted by Gasteiger charge is 2.29. The number of rotatable bonds is 4. The van der Waals surface area contributed by atoms with Gasteiger partial charge in [-0.25, -0.2) is 0 Å². The monoisotopic (exact) mass is 250 g/mol. The number of nitrogens with one attached hydrogen (secondary N) is 2. The van der Waals surface area contributed by atoms with Crippen molar-refractivity contribution in [2.45, 2.75) is 44.2 Å². The van der Waals surface area contributed by atoms with Gasteiger partial charge < -0.3 is 10.6 Å². The minimum atomic E-state index is 0.613. The van der Waals surface area contributed by atoms with Crippen molar-refractivity contribution < 1.29 is 0 Å². The van der Waals surface area contributed by atoms with Gasteiger partial charge in [-0.1, -0.05) is 18.9 Å². The molecular formula is C14H22N2S. The molecule has 1 aliphatic heterocycles. The molecule has 94 valence electrons. The first-order valence-corrected chi connectivity index (χ1v) is 7.81. The third-order valence-corrected chi connectivity index (χ3v) is 5.15. The van der Waals surface area contributed by atoms with Crippen molar-refractivity contribution in [3.05, 3.63) is 22.4 Å². The van der Waals surface area contributed by atoms with Crippen LogP contribution in [0.1, 0.15) is 43.0 Å². The topological polar surface area (TPSA) is 24.1 Å². The first kappa shape index (κ1) is 11.7. The van der Waals surface area contributed by atoms with Crippen LogP contribution >= 0.6 is 11.3 Å². The van der Waals surface area contributed by atoms with E-state index in [1.807, 2.05) is 11.3 Å². The molecule has 3 rings (SSSR count). The summed E-state index contributed by atoms with van der Waals surface area (Å²) in [6, 6.07) is 5.80. The highest BCUT2D eigenvalue weighted by atomic mass is 32.1. The molecule has 2 unspecified atom stereocenters. The van der Waals surface area contributed by atoms with Gasteiger partial charge in [-0.3, -0.25) is 0 Å². The first-order valence-electron chi connectivity index (χ1n) is 6.93. The molecule has 2 aliphatic rings. The predicted octanol–water partition coefficient (Wildman–Crippen LogP) is 2.93. The van der Waals surface area contributed by atoms with Gasteiger partial charge in [-0.05, 0) is 43.2 Å². The summed E-state index contributed by atoms with van der Waals surface area (Å²) < 4.78 is 0. The zero-order valence-electron chi connectivity index (χ0n) is 10.3. The summed E-state index contributed by atoms with van der Waals surface area (Å²) in [5, 5.41) is 9.58. The highest BCUT2D eigenvalue weighted by molar-refractivity contribution is 7.10. The van der Waals surface area contributed by atoms with E-state index in [2.05, 4.69) is 28.1 Å². The van der Waals surface area contributed by atoms with Gasteiger partial charge >= 0.3 is 0 Å². The van der Waals surface area contributed by atoms with Crippen LogP contribution in [0, 0.1) is 5.92 Å². The lowest BCUT2D eigenvalue weighted by atomic mass is 9.95. The SMILES string of the molecule is c1csc(C(NC2CCNC2)C2CCCC2)c1. The van der Waals surface area contributed by atoms with E-state index < -0.39 is 0 Å². The van der Waals surface area contributed by atoms with Gasteiger partial charge in [-0.15, -0.1) is 11.3 Å². The maximum atomic E-state index is 3.91. The zero-order chi connectivity index (χ0) is 11.5. The molecule has 1 saturated heterocycles. The molecule has 0 amide bonds. The third-order valence-electron chi connectivity index (χ3n) is 4.20. The second-order valence-corrected chi connectivity index (χ2v) is 6.37.